The van der Waals surface area contributed by atoms with Gasteiger partial charge in [-0.1, -0.05) is 13.8 Å². The zero-order chi connectivity index (χ0) is 15.4. The highest BCUT2D eigenvalue weighted by Crippen LogP contribution is 2.59. The molecular weight excluding hydrogens is 272 g/mol. The second-order valence-corrected chi connectivity index (χ2v) is 9.33. The number of aliphatic hydroxyl groups is 2. The summed E-state index contributed by atoms with van der Waals surface area (Å²) < 4.78 is 0. The first-order valence-electron chi connectivity index (χ1n) is 9.92. The number of hydrogen-bond acceptors (Lipinski definition) is 2. The Hall–Kier alpha value is -0.0800. The maximum atomic E-state index is 10.9. The van der Waals surface area contributed by atoms with Gasteiger partial charge >= 0.3 is 0 Å². The van der Waals surface area contributed by atoms with E-state index in [0.717, 1.165) is 54.8 Å². The lowest BCUT2D eigenvalue weighted by Gasteiger charge is -2.54. The van der Waals surface area contributed by atoms with Gasteiger partial charge in [0.15, 0.2) is 0 Å². The van der Waals surface area contributed by atoms with E-state index in [1.165, 1.54) is 32.1 Å². The van der Waals surface area contributed by atoms with Crippen molar-refractivity contribution in [1.29, 1.82) is 0 Å². The van der Waals surface area contributed by atoms with Crippen molar-refractivity contribution < 1.29 is 10.2 Å². The first kappa shape index (κ1) is 15.4. The summed E-state index contributed by atoms with van der Waals surface area (Å²) in [6.07, 6.45) is 9.48. The van der Waals surface area contributed by atoms with Gasteiger partial charge in [0.05, 0.1) is 12.2 Å². The van der Waals surface area contributed by atoms with E-state index in [0.29, 0.717) is 11.8 Å². The fraction of sp³-hybridized carbons (Fsp3) is 1.00. The summed E-state index contributed by atoms with van der Waals surface area (Å²) in [6, 6.07) is 0. The molecular formula is C20H34O2. The van der Waals surface area contributed by atoms with Crippen molar-refractivity contribution in [2.75, 3.05) is 0 Å². The van der Waals surface area contributed by atoms with Gasteiger partial charge in [0.25, 0.3) is 0 Å². The molecule has 0 aromatic rings. The molecule has 8 unspecified atom stereocenters. The van der Waals surface area contributed by atoms with Crippen LogP contribution in [0, 0.1) is 47.3 Å². The molecule has 4 saturated carbocycles. The van der Waals surface area contributed by atoms with E-state index >= 15 is 0 Å². The minimum absolute atomic E-state index is 0.0877. The van der Waals surface area contributed by atoms with E-state index in [-0.39, 0.29) is 12.2 Å². The van der Waals surface area contributed by atoms with Gasteiger partial charge in [-0.15, -0.1) is 0 Å². The van der Waals surface area contributed by atoms with Crippen LogP contribution >= 0.6 is 0 Å². The highest BCUT2D eigenvalue weighted by molar-refractivity contribution is 5.04. The summed E-state index contributed by atoms with van der Waals surface area (Å²) in [4.78, 5) is 0. The maximum Gasteiger partial charge on any atom is 0.0576 e. The zero-order valence-electron chi connectivity index (χ0n) is 14.3. The molecule has 4 aliphatic rings. The van der Waals surface area contributed by atoms with Gasteiger partial charge in [-0.25, -0.2) is 0 Å². The molecule has 0 radical (unpaired) electrons. The van der Waals surface area contributed by atoms with Gasteiger partial charge in [-0.3, -0.25) is 0 Å². The first-order valence-corrected chi connectivity index (χ1v) is 9.92. The van der Waals surface area contributed by atoms with Crippen molar-refractivity contribution >= 4 is 0 Å². The summed E-state index contributed by atoms with van der Waals surface area (Å²) in [5.74, 6) is 6.14. The molecule has 0 heterocycles. The fourth-order valence-electron chi connectivity index (χ4n) is 7.39. The zero-order valence-corrected chi connectivity index (χ0v) is 14.3. The van der Waals surface area contributed by atoms with E-state index in [2.05, 4.69) is 13.8 Å². The Morgan fingerprint density at radius 1 is 0.727 bits per heavy atom. The number of rotatable bonds is 1. The van der Waals surface area contributed by atoms with Crippen LogP contribution in [0.5, 0.6) is 0 Å². The molecule has 22 heavy (non-hydrogen) atoms. The molecule has 9 atom stereocenters. The van der Waals surface area contributed by atoms with Crippen LogP contribution in [0.3, 0.4) is 0 Å². The molecule has 0 amide bonds. The Morgan fingerprint density at radius 3 is 2.14 bits per heavy atom. The average molecular weight is 306 g/mol. The summed E-state index contributed by atoms with van der Waals surface area (Å²) in [7, 11) is 0. The number of hydrogen-bond donors (Lipinski definition) is 2. The van der Waals surface area contributed by atoms with Crippen LogP contribution in [-0.4, -0.2) is 22.4 Å². The highest BCUT2D eigenvalue weighted by Gasteiger charge is 2.54. The van der Waals surface area contributed by atoms with Crippen LogP contribution < -0.4 is 0 Å². The highest BCUT2D eigenvalue weighted by atomic mass is 16.3. The third-order valence-electron chi connectivity index (χ3n) is 8.16. The predicted molar refractivity (Wildman–Crippen MR) is 88.2 cm³/mol. The maximum absolute atomic E-state index is 10.9. The molecule has 4 rings (SSSR count). The van der Waals surface area contributed by atoms with Gasteiger partial charge in [0, 0.05) is 0 Å². The summed E-state index contributed by atoms with van der Waals surface area (Å²) in [6.45, 7) is 4.80. The van der Waals surface area contributed by atoms with Crippen molar-refractivity contribution in [3.8, 4) is 0 Å². The third-order valence-corrected chi connectivity index (χ3v) is 8.16. The summed E-state index contributed by atoms with van der Waals surface area (Å²) in [5.41, 5.74) is 0. The van der Waals surface area contributed by atoms with E-state index in [9.17, 15) is 10.2 Å². The minimum Gasteiger partial charge on any atom is -0.393 e. The lowest BCUT2D eigenvalue weighted by atomic mass is 9.52. The van der Waals surface area contributed by atoms with E-state index in [1.807, 2.05) is 0 Å². The molecule has 0 saturated heterocycles. The quantitative estimate of drug-likeness (QED) is 0.772. The molecule has 4 fully saturated rings. The van der Waals surface area contributed by atoms with Gasteiger partial charge < -0.3 is 10.2 Å². The monoisotopic (exact) mass is 306 g/mol. The number of aliphatic hydroxyl groups excluding tert-OH is 2. The summed E-state index contributed by atoms with van der Waals surface area (Å²) in [5, 5.41) is 20.9. The van der Waals surface area contributed by atoms with Crippen LogP contribution in [-0.2, 0) is 0 Å². The minimum atomic E-state index is -0.0989. The van der Waals surface area contributed by atoms with E-state index in [4.69, 9.17) is 0 Å². The van der Waals surface area contributed by atoms with Gasteiger partial charge in [0.1, 0.15) is 0 Å². The van der Waals surface area contributed by atoms with Crippen LogP contribution in [0.15, 0.2) is 0 Å². The predicted octanol–water partition coefficient (Wildman–Crippen LogP) is 3.85. The normalized spacial score (nSPS) is 54.7. The second-order valence-electron chi connectivity index (χ2n) is 9.33. The van der Waals surface area contributed by atoms with Crippen molar-refractivity contribution in [3.63, 3.8) is 0 Å². The van der Waals surface area contributed by atoms with Crippen LogP contribution in [0.4, 0.5) is 0 Å². The molecule has 126 valence electrons. The van der Waals surface area contributed by atoms with Gasteiger partial charge in [-0.05, 0) is 98.7 Å². The Bertz CT molecular complexity index is 407. The molecule has 0 aliphatic heterocycles. The smallest absolute Gasteiger partial charge is 0.0576 e. The molecule has 2 heteroatoms. The summed E-state index contributed by atoms with van der Waals surface area (Å²) >= 11 is 0. The molecule has 2 nitrogen and oxygen atoms in total. The van der Waals surface area contributed by atoms with Gasteiger partial charge in [0.2, 0.25) is 0 Å². The Labute approximate surface area is 135 Å². The van der Waals surface area contributed by atoms with E-state index in [1.54, 1.807) is 0 Å². The van der Waals surface area contributed by atoms with Gasteiger partial charge in [-0.2, -0.15) is 0 Å². The lowest BCUT2D eigenvalue weighted by molar-refractivity contribution is -0.115. The molecule has 0 aromatic heterocycles. The first-order chi connectivity index (χ1) is 10.6. The molecule has 0 bridgehead atoms. The van der Waals surface area contributed by atoms with Crippen LogP contribution in [0.25, 0.3) is 0 Å². The Morgan fingerprint density at radius 2 is 1.36 bits per heavy atom. The standard InChI is InChI=1S/C20H34O2/c1-11(2)14-5-7-18-16(14)6-8-17-15-4-3-13(21)9-12(15)10-19(22)20(17)18/h11-22H,3-10H2,1-2H3/t12?,13-,14?,15?,16?,17?,18?,19?,20?/m1/s1. The average Bonchev–Trinajstić information content (AvgIpc) is 2.90. The molecule has 0 spiro atoms. The largest absolute Gasteiger partial charge is 0.393 e. The van der Waals surface area contributed by atoms with Crippen molar-refractivity contribution in [2.24, 2.45) is 47.3 Å². The second kappa shape index (κ2) is 5.77. The number of fused-ring (bicyclic) bond motifs is 5. The molecule has 2 N–H and O–H groups in total. The molecule has 0 aromatic carbocycles. The van der Waals surface area contributed by atoms with Crippen LogP contribution in [0.1, 0.15) is 65.2 Å². The Balaban J connectivity index is 1.55. The topological polar surface area (TPSA) is 40.5 Å². The fourth-order valence-corrected chi connectivity index (χ4v) is 7.39. The van der Waals surface area contributed by atoms with Crippen molar-refractivity contribution in [3.05, 3.63) is 0 Å². The van der Waals surface area contributed by atoms with E-state index < -0.39 is 0 Å². The molecule has 4 aliphatic carbocycles. The van der Waals surface area contributed by atoms with Crippen LogP contribution in [0.2, 0.25) is 0 Å². The van der Waals surface area contributed by atoms with Crippen molar-refractivity contribution in [1.82, 2.24) is 0 Å². The lowest BCUT2D eigenvalue weighted by Crippen LogP contribution is -2.51. The van der Waals surface area contributed by atoms with Crippen molar-refractivity contribution in [2.45, 2.75) is 77.4 Å². The third kappa shape index (κ3) is 2.36. The SMILES string of the molecule is CC(C)C1CCC2C1CCC1C3CC[C@@H](O)CC3CC(O)C12. The Kier molecular flexibility index (Phi) is 4.05.